The highest BCUT2D eigenvalue weighted by molar-refractivity contribution is 9.10. The zero-order chi connectivity index (χ0) is 21.7. The predicted molar refractivity (Wildman–Crippen MR) is 118 cm³/mol. The second kappa shape index (κ2) is 9.78. The summed E-state index contributed by atoms with van der Waals surface area (Å²) in [6, 6.07) is 3.64. The molecule has 1 aliphatic carbocycles. The smallest absolute Gasteiger partial charge is 0.269 e. The third-order valence-electron chi connectivity index (χ3n) is 4.59. The van der Waals surface area contributed by atoms with Crippen LogP contribution in [0.1, 0.15) is 51.8 Å². The summed E-state index contributed by atoms with van der Waals surface area (Å²) in [6.45, 7) is 9.87. The molecule has 7 heteroatoms. The number of nitrogens with zero attached hydrogens (tertiary/aromatic N) is 2. The molecular weight excluding hydrogens is 434 g/mol. The number of fused-ring (bicyclic) bond motifs is 1. The highest BCUT2D eigenvalue weighted by Crippen LogP contribution is 2.31. The molecule has 0 unspecified atom stereocenters. The summed E-state index contributed by atoms with van der Waals surface area (Å²) >= 11 is 3.42. The van der Waals surface area contributed by atoms with E-state index in [-0.39, 0.29) is 23.9 Å². The molecule has 6 nitrogen and oxygen atoms in total. The molecule has 0 bridgehead atoms. The van der Waals surface area contributed by atoms with E-state index in [0.717, 1.165) is 16.5 Å². The van der Waals surface area contributed by atoms with E-state index in [1.807, 2.05) is 46.8 Å². The fraction of sp³-hybridized carbons (Fsp3) is 0.364. The molecule has 0 spiro atoms. The van der Waals surface area contributed by atoms with Gasteiger partial charge in [0.05, 0.1) is 17.6 Å². The van der Waals surface area contributed by atoms with Crippen molar-refractivity contribution in [1.82, 2.24) is 15.1 Å². The van der Waals surface area contributed by atoms with Gasteiger partial charge in [-0.3, -0.25) is 19.3 Å². The quantitative estimate of drug-likeness (QED) is 0.666. The Balaban J connectivity index is 0.000000707. The van der Waals surface area contributed by atoms with Crippen molar-refractivity contribution in [2.24, 2.45) is 0 Å². The minimum atomic E-state index is -0.302. The van der Waals surface area contributed by atoms with Gasteiger partial charge in [0.2, 0.25) is 0 Å². The summed E-state index contributed by atoms with van der Waals surface area (Å²) in [7, 11) is 0. The predicted octanol–water partition coefficient (Wildman–Crippen LogP) is 4.56. The molecule has 0 fully saturated rings. The van der Waals surface area contributed by atoms with Crippen molar-refractivity contribution >= 4 is 38.5 Å². The van der Waals surface area contributed by atoms with Gasteiger partial charge in [0.1, 0.15) is 0 Å². The van der Waals surface area contributed by atoms with E-state index in [4.69, 9.17) is 0 Å². The number of aromatic nitrogens is 2. The monoisotopic (exact) mass is 459 g/mol. The first-order valence-corrected chi connectivity index (χ1v) is 10.7. The number of carbonyl (C=O) groups is 2. The molecule has 1 aromatic carbocycles. The number of halogens is 1. The first-order chi connectivity index (χ1) is 14.0. The average molecular weight is 460 g/mol. The summed E-state index contributed by atoms with van der Waals surface area (Å²) in [5.41, 5.74) is 2.04. The Labute approximate surface area is 178 Å². The van der Waals surface area contributed by atoms with Gasteiger partial charge in [0.15, 0.2) is 0 Å². The van der Waals surface area contributed by atoms with Crippen LogP contribution in [-0.2, 0) is 16.1 Å². The minimum Gasteiger partial charge on any atom is -0.269 e. The summed E-state index contributed by atoms with van der Waals surface area (Å²) in [5, 5.41) is 7.72. The van der Waals surface area contributed by atoms with Crippen molar-refractivity contribution in [2.75, 3.05) is 0 Å². The molecule has 1 N–H and O–H groups in total. The largest absolute Gasteiger partial charge is 0.272 e. The van der Waals surface area contributed by atoms with Crippen molar-refractivity contribution in [2.45, 2.75) is 54.0 Å². The van der Waals surface area contributed by atoms with Crippen molar-refractivity contribution in [3.63, 3.8) is 0 Å². The molecule has 2 aliphatic rings. The molecule has 29 heavy (non-hydrogen) atoms. The van der Waals surface area contributed by atoms with E-state index in [0.29, 0.717) is 34.0 Å². The Morgan fingerprint density at radius 1 is 1.10 bits per heavy atom. The number of benzene rings is 1. The highest BCUT2D eigenvalue weighted by atomic mass is 79.9. The van der Waals surface area contributed by atoms with Gasteiger partial charge in [0, 0.05) is 21.0 Å². The number of aryl methyl sites for hydroxylation is 1. The maximum atomic E-state index is 12.6. The molecule has 4 rings (SSSR count). The molecular formula is C22H26BrN3O3. The number of amides is 2. The van der Waals surface area contributed by atoms with Crippen LogP contribution in [0.2, 0.25) is 0 Å². The standard InChI is InChI=1S/C18H14BrN3O3.2C2H6/c1-9-6-10(19)7-13-14(20-21-16(23)15(9)13)8-22-17(24)11-4-2-3-5-12(11)18(22)25;2*1-2/h2,4,6-7H,3,5,8H2,1H3,(H,21,23);2*1-2H3. The molecule has 1 aromatic heterocycles. The van der Waals surface area contributed by atoms with Gasteiger partial charge in [-0.15, -0.1) is 0 Å². The zero-order valence-electron chi connectivity index (χ0n) is 17.4. The Hall–Kier alpha value is -2.54. The summed E-state index contributed by atoms with van der Waals surface area (Å²) in [6.07, 6.45) is 4.97. The van der Waals surface area contributed by atoms with E-state index >= 15 is 0 Å². The fourth-order valence-electron chi connectivity index (χ4n) is 3.41. The highest BCUT2D eigenvalue weighted by Gasteiger charge is 2.37. The Kier molecular flexibility index (Phi) is 7.67. The van der Waals surface area contributed by atoms with E-state index in [1.165, 1.54) is 4.90 Å². The number of nitrogens with one attached hydrogen (secondary N) is 1. The lowest BCUT2D eigenvalue weighted by Gasteiger charge is -2.16. The lowest BCUT2D eigenvalue weighted by molar-refractivity contribution is -0.138. The second-order valence-electron chi connectivity index (χ2n) is 6.17. The normalized spacial score (nSPS) is 15.0. The van der Waals surface area contributed by atoms with Gasteiger partial charge < -0.3 is 0 Å². The lowest BCUT2D eigenvalue weighted by Crippen LogP contribution is -2.32. The first kappa shape index (κ1) is 22.7. The Bertz CT molecular complexity index is 1070. The molecule has 2 aromatic rings. The maximum Gasteiger partial charge on any atom is 0.272 e. The van der Waals surface area contributed by atoms with Crippen LogP contribution in [0.4, 0.5) is 0 Å². The molecule has 0 saturated carbocycles. The minimum absolute atomic E-state index is 0.0294. The van der Waals surface area contributed by atoms with Crippen molar-refractivity contribution in [3.8, 4) is 0 Å². The number of aromatic amines is 1. The van der Waals surface area contributed by atoms with Crippen molar-refractivity contribution < 1.29 is 9.59 Å². The topological polar surface area (TPSA) is 83.1 Å². The van der Waals surface area contributed by atoms with Crippen LogP contribution < -0.4 is 5.56 Å². The van der Waals surface area contributed by atoms with Crippen LogP contribution in [0.3, 0.4) is 0 Å². The number of carbonyl (C=O) groups excluding carboxylic acids is 2. The Morgan fingerprint density at radius 2 is 1.79 bits per heavy atom. The first-order valence-electron chi connectivity index (χ1n) is 9.90. The molecule has 1 aliphatic heterocycles. The third-order valence-corrected chi connectivity index (χ3v) is 5.05. The number of allylic oxidation sites excluding steroid dienone is 1. The van der Waals surface area contributed by atoms with Crippen LogP contribution in [0.5, 0.6) is 0 Å². The number of hydrogen-bond donors (Lipinski definition) is 1. The van der Waals surface area contributed by atoms with Crippen LogP contribution in [-0.4, -0.2) is 26.9 Å². The van der Waals surface area contributed by atoms with Crippen LogP contribution >= 0.6 is 15.9 Å². The Morgan fingerprint density at radius 3 is 2.45 bits per heavy atom. The van der Waals surface area contributed by atoms with E-state index in [2.05, 4.69) is 26.1 Å². The van der Waals surface area contributed by atoms with E-state index in [9.17, 15) is 14.4 Å². The third kappa shape index (κ3) is 4.24. The van der Waals surface area contributed by atoms with Crippen LogP contribution in [0, 0.1) is 6.92 Å². The second-order valence-corrected chi connectivity index (χ2v) is 7.09. The summed E-state index contributed by atoms with van der Waals surface area (Å²) < 4.78 is 0.811. The van der Waals surface area contributed by atoms with Crippen LogP contribution in [0.15, 0.2) is 44.7 Å². The molecule has 2 heterocycles. The molecule has 2 amide bonds. The number of rotatable bonds is 2. The van der Waals surface area contributed by atoms with Gasteiger partial charge in [0.25, 0.3) is 17.4 Å². The number of H-pyrrole nitrogens is 1. The van der Waals surface area contributed by atoms with Crippen molar-refractivity contribution in [3.05, 3.63) is 61.5 Å². The zero-order valence-corrected chi connectivity index (χ0v) is 19.0. The van der Waals surface area contributed by atoms with Gasteiger partial charge in [-0.2, -0.15) is 5.10 Å². The van der Waals surface area contributed by atoms with Gasteiger partial charge >= 0.3 is 0 Å². The summed E-state index contributed by atoms with van der Waals surface area (Å²) in [4.78, 5) is 38.5. The van der Waals surface area contributed by atoms with Crippen molar-refractivity contribution in [1.29, 1.82) is 0 Å². The van der Waals surface area contributed by atoms with Gasteiger partial charge in [-0.25, -0.2) is 5.10 Å². The molecule has 0 radical (unpaired) electrons. The fourth-order valence-corrected chi connectivity index (χ4v) is 3.98. The lowest BCUT2D eigenvalue weighted by atomic mass is 10.00. The van der Waals surface area contributed by atoms with Gasteiger partial charge in [-0.1, -0.05) is 55.8 Å². The van der Waals surface area contributed by atoms with Crippen LogP contribution in [0.25, 0.3) is 10.8 Å². The van der Waals surface area contributed by atoms with Gasteiger partial charge in [-0.05, 0) is 37.5 Å². The molecule has 154 valence electrons. The maximum absolute atomic E-state index is 12.6. The summed E-state index contributed by atoms with van der Waals surface area (Å²) in [5.74, 6) is -0.568. The average Bonchev–Trinajstić information content (AvgIpc) is 2.97. The molecule has 0 saturated heterocycles. The molecule has 0 atom stereocenters. The number of imide groups is 1. The van der Waals surface area contributed by atoms with E-state index in [1.54, 1.807) is 12.1 Å². The number of hydrogen-bond acceptors (Lipinski definition) is 4. The van der Waals surface area contributed by atoms with E-state index < -0.39 is 0 Å². The SMILES string of the molecule is CC.CC.Cc1cc(Br)cc2c(CN3C(=O)C4=C(CCC=C4)C3=O)n[nH]c(=O)c12.